The van der Waals surface area contributed by atoms with Gasteiger partial charge in [-0.2, -0.15) is 5.10 Å². The molecule has 8 heteroatoms. The molecule has 0 saturated heterocycles. The first kappa shape index (κ1) is 26.7. The Hall–Kier alpha value is -3.91. The van der Waals surface area contributed by atoms with E-state index in [0.717, 1.165) is 33.6 Å². The molecular weight excluding hydrogens is 511 g/mol. The number of nitrogens with one attached hydrogen (secondary N) is 1. The number of carbonyl (C=O) groups excluding carboxylic acids is 2. The summed E-state index contributed by atoms with van der Waals surface area (Å²) in [4.78, 5) is 28.3. The maximum atomic E-state index is 13.9. The maximum Gasteiger partial charge on any atom is 0.240 e. The molecule has 200 valence electrons. The SMILES string of the molecule is Cc1ccc(-n2nc(-c3ccccc3)c3c2N(CC(=O)NCC(C)C)C(=O)CSC3c2ccc(F)cc2)cc1. The second kappa shape index (κ2) is 11.5. The van der Waals surface area contributed by atoms with Crippen molar-refractivity contribution in [3.05, 3.63) is 101 Å². The minimum absolute atomic E-state index is 0.124. The molecule has 1 aliphatic heterocycles. The van der Waals surface area contributed by atoms with E-state index < -0.39 is 0 Å². The number of hydrogen-bond acceptors (Lipinski definition) is 4. The number of thioether (sulfide) groups is 1. The number of hydrogen-bond donors (Lipinski definition) is 1. The molecule has 5 rings (SSSR count). The summed E-state index contributed by atoms with van der Waals surface area (Å²) in [5.74, 6) is 0.267. The molecule has 0 radical (unpaired) electrons. The van der Waals surface area contributed by atoms with Crippen molar-refractivity contribution in [3.8, 4) is 16.9 Å². The van der Waals surface area contributed by atoms with E-state index in [9.17, 15) is 14.0 Å². The molecular formula is C31H31FN4O2S. The summed E-state index contributed by atoms with van der Waals surface area (Å²) < 4.78 is 15.7. The van der Waals surface area contributed by atoms with E-state index in [0.29, 0.717) is 12.4 Å². The van der Waals surface area contributed by atoms with Gasteiger partial charge < -0.3 is 5.32 Å². The van der Waals surface area contributed by atoms with Crippen LogP contribution in [0.2, 0.25) is 0 Å². The molecule has 39 heavy (non-hydrogen) atoms. The molecule has 6 nitrogen and oxygen atoms in total. The van der Waals surface area contributed by atoms with Crippen LogP contribution in [0.5, 0.6) is 0 Å². The standard InChI is InChI=1S/C31H31FN4O2S/c1-20(2)17-33-26(37)18-35-27(38)19-39-30(23-11-13-24(32)14-12-23)28-29(22-7-5-4-6-8-22)34-36(31(28)35)25-15-9-21(3)10-16-25/h4-16,20,30H,17-19H2,1-3H3,(H,33,37). The van der Waals surface area contributed by atoms with E-state index in [2.05, 4.69) is 5.32 Å². The lowest BCUT2D eigenvalue weighted by atomic mass is 9.99. The Kier molecular flexibility index (Phi) is 7.84. The van der Waals surface area contributed by atoms with Gasteiger partial charge in [-0.25, -0.2) is 9.07 Å². The quantitative estimate of drug-likeness (QED) is 0.314. The molecule has 0 spiro atoms. The summed E-state index contributed by atoms with van der Waals surface area (Å²) in [6.45, 7) is 6.46. The number of carbonyl (C=O) groups is 2. The lowest BCUT2D eigenvalue weighted by molar-refractivity contribution is -0.123. The van der Waals surface area contributed by atoms with Crippen LogP contribution >= 0.6 is 11.8 Å². The first-order valence-corrected chi connectivity index (χ1v) is 14.1. The Bertz CT molecular complexity index is 1470. The van der Waals surface area contributed by atoms with Crippen molar-refractivity contribution >= 4 is 29.4 Å². The zero-order valence-electron chi connectivity index (χ0n) is 22.2. The second-order valence-corrected chi connectivity index (χ2v) is 11.2. The van der Waals surface area contributed by atoms with Gasteiger partial charge in [0.25, 0.3) is 0 Å². The highest BCUT2D eigenvalue weighted by Gasteiger charge is 2.37. The molecule has 3 aromatic carbocycles. The minimum atomic E-state index is -0.323. The van der Waals surface area contributed by atoms with E-state index in [1.54, 1.807) is 21.7 Å². The molecule has 1 aliphatic rings. The number of anilines is 1. The number of amides is 2. The predicted octanol–water partition coefficient (Wildman–Crippen LogP) is 5.93. The van der Waals surface area contributed by atoms with Crippen LogP contribution in [0.1, 0.15) is 35.8 Å². The van der Waals surface area contributed by atoms with Crippen LogP contribution in [0.25, 0.3) is 16.9 Å². The molecule has 0 fully saturated rings. The zero-order valence-corrected chi connectivity index (χ0v) is 23.0. The number of fused-ring (bicyclic) bond motifs is 1. The Labute approximate surface area is 232 Å². The van der Waals surface area contributed by atoms with E-state index in [-0.39, 0.29) is 41.1 Å². The van der Waals surface area contributed by atoms with Crippen LogP contribution in [-0.2, 0) is 9.59 Å². The minimum Gasteiger partial charge on any atom is -0.354 e. The Morgan fingerprint density at radius 3 is 2.41 bits per heavy atom. The average molecular weight is 543 g/mol. The van der Waals surface area contributed by atoms with Crippen molar-refractivity contribution in [1.82, 2.24) is 15.1 Å². The lowest BCUT2D eigenvalue weighted by Gasteiger charge is -2.23. The molecule has 1 atom stereocenters. The first-order chi connectivity index (χ1) is 18.8. The van der Waals surface area contributed by atoms with E-state index in [1.807, 2.05) is 75.4 Å². The third-order valence-corrected chi connectivity index (χ3v) is 7.85. The van der Waals surface area contributed by atoms with E-state index in [1.165, 1.54) is 23.9 Å². The van der Waals surface area contributed by atoms with Crippen molar-refractivity contribution in [2.75, 3.05) is 23.7 Å². The highest BCUT2D eigenvalue weighted by molar-refractivity contribution is 8.00. The average Bonchev–Trinajstić information content (AvgIpc) is 3.26. The summed E-state index contributed by atoms with van der Waals surface area (Å²) >= 11 is 1.46. The van der Waals surface area contributed by atoms with Crippen molar-refractivity contribution < 1.29 is 14.0 Å². The van der Waals surface area contributed by atoms with Gasteiger partial charge >= 0.3 is 0 Å². The van der Waals surface area contributed by atoms with Crippen molar-refractivity contribution in [2.24, 2.45) is 5.92 Å². The lowest BCUT2D eigenvalue weighted by Crippen LogP contribution is -2.43. The van der Waals surface area contributed by atoms with Gasteiger partial charge in [-0.05, 0) is 42.7 Å². The van der Waals surface area contributed by atoms with Crippen LogP contribution in [0, 0.1) is 18.7 Å². The third kappa shape index (κ3) is 5.76. The van der Waals surface area contributed by atoms with Crippen LogP contribution in [-0.4, -0.2) is 40.4 Å². The van der Waals surface area contributed by atoms with Gasteiger partial charge in [0.05, 0.1) is 22.4 Å². The van der Waals surface area contributed by atoms with Gasteiger partial charge in [0.1, 0.15) is 18.2 Å². The van der Waals surface area contributed by atoms with Gasteiger partial charge in [-0.3, -0.25) is 14.5 Å². The monoisotopic (exact) mass is 542 g/mol. The second-order valence-electron chi connectivity index (χ2n) is 10.1. The van der Waals surface area contributed by atoms with E-state index >= 15 is 0 Å². The van der Waals surface area contributed by atoms with Crippen molar-refractivity contribution in [2.45, 2.75) is 26.0 Å². The van der Waals surface area contributed by atoms with Gasteiger partial charge in [0.2, 0.25) is 11.8 Å². The fourth-order valence-corrected chi connectivity index (χ4v) is 5.81. The van der Waals surface area contributed by atoms with Gasteiger partial charge in [0.15, 0.2) is 0 Å². The number of aryl methyl sites for hydroxylation is 1. The maximum absolute atomic E-state index is 13.9. The first-order valence-electron chi connectivity index (χ1n) is 13.0. The number of aromatic nitrogens is 2. The molecule has 0 aliphatic carbocycles. The number of benzene rings is 3. The number of nitrogens with zero attached hydrogens (tertiary/aromatic N) is 3. The molecule has 2 heterocycles. The smallest absolute Gasteiger partial charge is 0.240 e. The Morgan fingerprint density at radius 1 is 1.05 bits per heavy atom. The summed E-state index contributed by atoms with van der Waals surface area (Å²) in [6, 6.07) is 24.1. The summed E-state index contributed by atoms with van der Waals surface area (Å²) in [5, 5.41) is 7.71. The largest absolute Gasteiger partial charge is 0.354 e. The zero-order chi connectivity index (χ0) is 27.5. The molecule has 1 unspecified atom stereocenters. The van der Waals surface area contributed by atoms with Crippen LogP contribution in [0.3, 0.4) is 0 Å². The topological polar surface area (TPSA) is 67.2 Å². The Balaban J connectivity index is 1.75. The van der Waals surface area contributed by atoms with Gasteiger partial charge in [-0.1, -0.05) is 74.0 Å². The summed E-state index contributed by atoms with van der Waals surface area (Å²) in [6.07, 6.45) is 0. The predicted molar refractivity (Wildman–Crippen MR) is 155 cm³/mol. The summed E-state index contributed by atoms with van der Waals surface area (Å²) in [5.41, 5.74) is 5.18. The summed E-state index contributed by atoms with van der Waals surface area (Å²) in [7, 11) is 0. The fraction of sp³-hybridized carbons (Fsp3) is 0.258. The number of halogens is 1. The van der Waals surface area contributed by atoms with Crippen LogP contribution < -0.4 is 10.2 Å². The molecule has 0 saturated carbocycles. The van der Waals surface area contributed by atoms with E-state index in [4.69, 9.17) is 5.10 Å². The highest BCUT2D eigenvalue weighted by Crippen LogP contribution is 2.48. The normalized spacial score (nSPS) is 15.3. The Morgan fingerprint density at radius 2 is 1.74 bits per heavy atom. The molecule has 1 N–H and O–H groups in total. The molecule has 1 aromatic heterocycles. The highest BCUT2D eigenvalue weighted by atomic mass is 32.2. The van der Waals surface area contributed by atoms with Gasteiger partial charge in [0, 0.05) is 17.7 Å². The number of rotatable bonds is 7. The molecule has 0 bridgehead atoms. The van der Waals surface area contributed by atoms with Gasteiger partial charge in [-0.15, -0.1) is 11.8 Å². The van der Waals surface area contributed by atoms with Crippen molar-refractivity contribution in [1.29, 1.82) is 0 Å². The van der Waals surface area contributed by atoms with Crippen molar-refractivity contribution in [3.63, 3.8) is 0 Å². The fourth-order valence-electron chi connectivity index (χ4n) is 4.61. The molecule has 2 amide bonds. The van der Waals surface area contributed by atoms with Crippen LogP contribution in [0.15, 0.2) is 78.9 Å². The molecule has 4 aromatic rings. The van der Waals surface area contributed by atoms with Crippen LogP contribution in [0.4, 0.5) is 10.2 Å². The third-order valence-electron chi connectivity index (χ3n) is 6.60.